The first-order chi connectivity index (χ1) is 16.3. The first-order valence-electron chi connectivity index (χ1n) is 10.1. The summed E-state index contributed by atoms with van der Waals surface area (Å²) >= 11 is 12.5. The Morgan fingerprint density at radius 3 is 2.65 bits per heavy atom. The van der Waals surface area contributed by atoms with Crippen LogP contribution >= 0.6 is 34.5 Å². The minimum Gasteiger partial charge on any atom is -0.442 e. The van der Waals surface area contributed by atoms with Gasteiger partial charge in [-0.15, -0.1) is 22.9 Å². The van der Waals surface area contributed by atoms with E-state index in [0.29, 0.717) is 23.2 Å². The van der Waals surface area contributed by atoms with Gasteiger partial charge in [-0.1, -0.05) is 11.6 Å². The zero-order chi connectivity index (χ0) is 24.4. The van der Waals surface area contributed by atoms with Crippen molar-refractivity contribution >= 4 is 69.7 Å². The second kappa shape index (κ2) is 10.3. The highest BCUT2D eigenvalue weighted by atomic mass is 35.5. The molecule has 1 aromatic heterocycles. The van der Waals surface area contributed by atoms with Gasteiger partial charge in [-0.2, -0.15) is 0 Å². The predicted molar refractivity (Wildman–Crippen MR) is 123 cm³/mol. The Kier molecular flexibility index (Phi) is 7.36. The molecule has 0 radical (unpaired) electrons. The van der Waals surface area contributed by atoms with Gasteiger partial charge in [0.15, 0.2) is 0 Å². The van der Waals surface area contributed by atoms with Gasteiger partial charge in [-0.3, -0.25) is 24.2 Å². The fraction of sp³-hybridized carbons (Fsp3) is 0.333. The molecule has 0 aliphatic carbocycles. The smallest absolute Gasteiger partial charge is 0.414 e. The van der Waals surface area contributed by atoms with E-state index >= 15 is 0 Å². The number of cyclic esters (lactones) is 1. The summed E-state index contributed by atoms with van der Waals surface area (Å²) in [4.78, 5) is 53.2. The number of hydrogen-bond acceptors (Lipinski definition) is 7. The fourth-order valence-electron chi connectivity index (χ4n) is 3.62. The van der Waals surface area contributed by atoms with E-state index in [0.717, 1.165) is 27.2 Å². The molecule has 13 heteroatoms. The first kappa shape index (κ1) is 24.4. The van der Waals surface area contributed by atoms with Crippen LogP contribution in [0.15, 0.2) is 30.3 Å². The lowest BCUT2D eigenvalue weighted by atomic mass is 10.2. The number of ether oxygens (including phenoxy) is 2. The average Bonchev–Trinajstić information content (AvgIpc) is 3.42. The molecule has 1 aromatic carbocycles. The average molecular weight is 530 g/mol. The van der Waals surface area contributed by atoms with E-state index in [2.05, 4.69) is 0 Å². The Morgan fingerprint density at radius 1 is 1.21 bits per heavy atom. The lowest BCUT2D eigenvalue weighted by Crippen LogP contribution is -2.43. The van der Waals surface area contributed by atoms with E-state index in [1.165, 1.54) is 29.2 Å². The van der Waals surface area contributed by atoms with Gasteiger partial charge in [0.25, 0.3) is 11.8 Å². The highest BCUT2D eigenvalue weighted by Gasteiger charge is 2.37. The normalized spacial score (nSPS) is 18.3. The number of carbonyl (C=O) groups excluding carboxylic acids is 4. The molecule has 2 aromatic rings. The van der Waals surface area contributed by atoms with Crippen molar-refractivity contribution < 1.29 is 33.0 Å². The van der Waals surface area contributed by atoms with Gasteiger partial charge in [-0.05, 0) is 30.3 Å². The van der Waals surface area contributed by atoms with Crippen molar-refractivity contribution in [2.24, 2.45) is 0 Å². The fourth-order valence-corrected chi connectivity index (χ4v) is 4.76. The Morgan fingerprint density at radius 2 is 2.00 bits per heavy atom. The summed E-state index contributed by atoms with van der Waals surface area (Å²) in [6, 6.07) is 7.06. The number of nitrogens with zero attached hydrogens (tertiary/aromatic N) is 3. The molecule has 2 saturated heterocycles. The van der Waals surface area contributed by atoms with Gasteiger partial charge >= 0.3 is 6.09 Å². The van der Waals surface area contributed by atoms with Crippen molar-refractivity contribution in [3.05, 3.63) is 45.4 Å². The van der Waals surface area contributed by atoms with Crippen LogP contribution in [-0.2, 0) is 19.1 Å². The molecule has 2 aliphatic rings. The van der Waals surface area contributed by atoms with Gasteiger partial charge < -0.3 is 14.4 Å². The maximum absolute atomic E-state index is 14.9. The third kappa shape index (κ3) is 5.02. The Labute approximate surface area is 207 Å². The topological polar surface area (TPSA) is 96.5 Å². The van der Waals surface area contributed by atoms with Crippen LogP contribution in [-0.4, -0.2) is 73.5 Å². The van der Waals surface area contributed by atoms with E-state index < -0.39 is 35.7 Å². The zero-order valence-corrected chi connectivity index (χ0v) is 19.9. The van der Waals surface area contributed by atoms with Crippen LogP contribution in [0.1, 0.15) is 9.67 Å². The number of hydrogen-bond donors (Lipinski definition) is 0. The summed E-state index contributed by atoms with van der Waals surface area (Å²) in [6.45, 7) is 0.181. The van der Waals surface area contributed by atoms with Crippen LogP contribution in [0.5, 0.6) is 0 Å². The Bertz CT molecular complexity index is 1150. The highest BCUT2D eigenvalue weighted by Crippen LogP contribution is 2.30. The summed E-state index contributed by atoms with van der Waals surface area (Å²) in [7, 11) is 0. The van der Waals surface area contributed by atoms with Gasteiger partial charge in [-0.25, -0.2) is 9.18 Å². The van der Waals surface area contributed by atoms with E-state index in [4.69, 9.17) is 32.7 Å². The minimum atomic E-state index is -0.904. The molecule has 2 aliphatic heterocycles. The van der Waals surface area contributed by atoms with Crippen LogP contribution < -0.4 is 9.80 Å². The maximum Gasteiger partial charge on any atom is 0.414 e. The molecule has 180 valence electrons. The number of anilines is 2. The standard InChI is InChI=1S/C21H18Cl2FN3O6S/c22-8-18(28)27(20(30)16-3-4-17(23)34-16)10-13-9-26(21(31)33-13)15-2-1-12(7-14(15)24)25-5-6-32-11-19(25)29/h1-4,7,13H,5-6,8-11H2. The van der Waals surface area contributed by atoms with E-state index in [-0.39, 0.29) is 36.2 Å². The molecular formula is C21H18Cl2FN3O6S. The van der Waals surface area contributed by atoms with Gasteiger partial charge in [0.05, 0.1) is 34.6 Å². The van der Waals surface area contributed by atoms with Crippen LogP contribution in [0.4, 0.5) is 20.6 Å². The summed E-state index contributed by atoms with van der Waals surface area (Å²) in [5, 5.41) is 0. The number of amides is 4. The molecule has 9 nitrogen and oxygen atoms in total. The number of rotatable bonds is 6. The van der Waals surface area contributed by atoms with Crippen LogP contribution in [0.3, 0.4) is 0 Å². The summed E-state index contributed by atoms with van der Waals surface area (Å²) < 4.78 is 25.7. The number of thiophene rings is 1. The molecule has 4 rings (SSSR count). The van der Waals surface area contributed by atoms with E-state index in [1.807, 2.05) is 0 Å². The summed E-state index contributed by atoms with van der Waals surface area (Å²) in [6.07, 6.45) is -1.73. The van der Waals surface area contributed by atoms with Crippen LogP contribution in [0.2, 0.25) is 4.34 Å². The number of morpholine rings is 1. The molecule has 34 heavy (non-hydrogen) atoms. The Balaban J connectivity index is 1.49. The van der Waals surface area contributed by atoms with Crippen molar-refractivity contribution in [2.45, 2.75) is 6.10 Å². The lowest BCUT2D eigenvalue weighted by Gasteiger charge is -2.27. The second-order valence-corrected chi connectivity index (χ2v) is 9.38. The number of benzene rings is 1. The zero-order valence-electron chi connectivity index (χ0n) is 17.5. The first-order valence-corrected chi connectivity index (χ1v) is 11.8. The number of alkyl halides is 1. The van der Waals surface area contributed by atoms with E-state index in [9.17, 15) is 23.6 Å². The van der Waals surface area contributed by atoms with Crippen molar-refractivity contribution in [1.29, 1.82) is 0 Å². The highest BCUT2D eigenvalue weighted by molar-refractivity contribution is 7.18. The quantitative estimate of drug-likeness (QED) is 0.533. The monoisotopic (exact) mass is 529 g/mol. The van der Waals surface area contributed by atoms with Crippen molar-refractivity contribution in [3.63, 3.8) is 0 Å². The number of carbonyl (C=O) groups is 4. The van der Waals surface area contributed by atoms with Crippen molar-refractivity contribution in [2.75, 3.05) is 48.5 Å². The predicted octanol–water partition coefficient (Wildman–Crippen LogP) is 3.14. The second-order valence-electron chi connectivity index (χ2n) is 7.40. The molecule has 1 atom stereocenters. The third-order valence-electron chi connectivity index (χ3n) is 5.22. The molecule has 2 fully saturated rings. The van der Waals surface area contributed by atoms with Gasteiger partial charge in [0, 0.05) is 12.2 Å². The van der Waals surface area contributed by atoms with Gasteiger partial charge in [0.1, 0.15) is 24.4 Å². The van der Waals surface area contributed by atoms with Crippen LogP contribution in [0, 0.1) is 5.82 Å². The number of halogens is 3. The van der Waals surface area contributed by atoms with Crippen molar-refractivity contribution in [3.8, 4) is 0 Å². The van der Waals surface area contributed by atoms with Crippen molar-refractivity contribution in [1.82, 2.24) is 4.90 Å². The molecular weight excluding hydrogens is 512 g/mol. The lowest BCUT2D eigenvalue weighted by molar-refractivity contribution is -0.127. The summed E-state index contributed by atoms with van der Waals surface area (Å²) in [5.41, 5.74) is 0.293. The largest absolute Gasteiger partial charge is 0.442 e. The molecule has 4 amide bonds. The van der Waals surface area contributed by atoms with Crippen LogP contribution in [0.25, 0.3) is 0 Å². The van der Waals surface area contributed by atoms with Gasteiger partial charge in [0.2, 0.25) is 5.91 Å². The maximum atomic E-state index is 14.9. The SMILES string of the molecule is O=C(CCl)N(CC1CN(c2ccc(N3CCOCC3=O)cc2F)C(=O)O1)C(=O)c1ccc(Cl)s1. The molecule has 0 spiro atoms. The third-order valence-corrected chi connectivity index (χ3v) is 6.67. The Hall–Kier alpha value is -2.73. The number of imide groups is 1. The molecule has 1 unspecified atom stereocenters. The summed E-state index contributed by atoms with van der Waals surface area (Å²) in [5.74, 6) is -2.77. The minimum absolute atomic E-state index is 0.0523. The molecule has 0 saturated carbocycles. The molecule has 0 N–H and O–H groups in total. The van der Waals surface area contributed by atoms with E-state index in [1.54, 1.807) is 0 Å². The molecule has 3 heterocycles. The molecule has 0 bridgehead atoms.